The number of hydrogen-bond acceptors (Lipinski definition) is 3. The molecule has 0 aliphatic carbocycles. The summed E-state index contributed by atoms with van der Waals surface area (Å²) in [5.74, 6) is 0. The van der Waals surface area contributed by atoms with E-state index in [1.165, 1.54) is 28.6 Å². The minimum absolute atomic E-state index is 0.237. The first-order chi connectivity index (χ1) is 10.6. The summed E-state index contributed by atoms with van der Waals surface area (Å²) in [6, 6.07) is 4.68. The van der Waals surface area contributed by atoms with Crippen LogP contribution in [0.1, 0.15) is 51.3 Å². The molecule has 0 nitrogen and oxygen atoms in total. The molecule has 122 valence electrons. The van der Waals surface area contributed by atoms with E-state index in [2.05, 4.69) is 78.0 Å². The molecule has 0 amide bonds. The standard InChI is InChI=1S/C20H24S3/c1-19(2,3)9-7-13-11-15-17(21-13)18-16(23-15)12-14(22-18)8-10-20(4,5)6/h7-12H,1-6H3/b9-7+,10-8+. The van der Waals surface area contributed by atoms with Crippen molar-refractivity contribution in [2.24, 2.45) is 10.8 Å². The summed E-state index contributed by atoms with van der Waals surface area (Å²) in [6.07, 6.45) is 9.14. The molecule has 0 fully saturated rings. The second-order valence-electron chi connectivity index (χ2n) is 8.19. The summed E-state index contributed by atoms with van der Waals surface area (Å²) < 4.78 is 5.77. The molecule has 0 unspecified atom stereocenters. The molecule has 0 N–H and O–H groups in total. The number of hydrogen-bond donors (Lipinski definition) is 0. The van der Waals surface area contributed by atoms with Crippen molar-refractivity contribution in [3.8, 4) is 0 Å². The van der Waals surface area contributed by atoms with Gasteiger partial charge >= 0.3 is 0 Å². The second kappa shape index (κ2) is 5.87. The fraction of sp³-hybridized carbons (Fsp3) is 0.400. The zero-order chi connectivity index (χ0) is 16.8. The molecule has 3 aromatic rings. The summed E-state index contributed by atoms with van der Waals surface area (Å²) in [6.45, 7) is 13.4. The maximum atomic E-state index is 2.34. The number of fused-ring (bicyclic) bond motifs is 3. The highest BCUT2D eigenvalue weighted by atomic mass is 32.1. The molecule has 0 bridgehead atoms. The highest BCUT2D eigenvalue weighted by molar-refractivity contribution is 7.38. The van der Waals surface area contributed by atoms with E-state index in [9.17, 15) is 0 Å². The Bertz CT molecular complexity index is 810. The average molecular weight is 361 g/mol. The van der Waals surface area contributed by atoms with E-state index in [1.807, 2.05) is 34.0 Å². The van der Waals surface area contributed by atoms with E-state index >= 15 is 0 Å². The van der Waals surface area contributed by atoms with Crippen molar-refractivity contribution in [2.45, 2.75) is 41.5 Å². The molecule has 0 saturated heterocycles. The van der Waals surface area contributed by atoms with Crippen LogP contribution >= 0.6 is 34.0 Å². The van der Waals surface area contributed by atoms with E-state index < -0.39 is 0 Å². The smallest absolute Gasteiger partial charge is 0.0635 e. The normalized spacial score (nSPS) is 14.2. The van der Waals surface area contributed by atoms with E-state index in [1.54, 1.807) is 0 Å². The molecule has 23 heavy (non-hydrogen) atoms. The molecule has 0 aliphatic rings. The van der Waals surface area contributed by atoms with Gasteiger partial charge in [-0.1, -0.05) is 53.7 Å². The van der Waals surface area contributed by atoms with Gasteiger partial charge in [0, 0.05) is 19.2 Å². The second-order valence-corrected chi connectivity index (χ2v) is 11.4. The Labute approximate surface area is 151 Å². The number of thiophene rings is 3. The average Bonchev–Trinajstić information content (AvgIpc) is 3.01. The Morgan fingerprint density at radius 3 is 1.39 bits per heavy atom. The maximum absolute atomic E-state index is 2.34. The molecule has 3 heteroatoms. The lowest BCUT2D eigenvalue weighted by Crippen LogP contribution is -1.97. The summed E-state index contributed by atoms with van der Waals surface area (Å²) in [4.78, 5) is 2.73. The van der Waals surface area contributed by atoms with Crippen molar-refractivity contribution < 1.29 is 0 Å². The maximum Gasteiger partial charge on any atom is 0.0635 e. The SMILES string of the molecule is CC(C)(C)/C=C/c1cc2sc3cc(/C=C/C(C)(C)C)sc3c2s1. The van der Waals surface area contributed by atoms with Crippen LogP contribution in [0, 0.1) is 10.8 Å². The van der Waals surface area contributed by atoms with Gasteiger partial charge in [-0.05, 0) is 35.1 Å². The monoisotopic (exact) mass is 360 g/mol. The summed E-state index contributed by atoms with van der Waals surface area (Å²) in [5.41, 5.74) is 0.473. The van der Waals surface area contributed by atoms with Crippen molar-refractivity contribution >= 4 is 65.0 Å². The quantitative estimate of drug-likeness (QED) is 0.431. The molecule has 0 aromatic carbocycles. The third-order valence-corrected chi connectivity index (χ3v) is 7.06. The Morgan fingerprint density at radius 2 is 1.04 bits per heavy atom. The van der Waals surface area contributed by atoms with Crippen LogP contribution in [0.25, 0.3) is 31.0 Å². The molecule has 0 aliphatic heterocycles. The first-order valence-electron chi connectivity index (χ1n) is 7.95. The molecule has 0 spiro atoms. The van der Waals surface area contributed by atoms with Crippen LogP contribution in [0.15, 0.2) is 24.3 Å². The lowest BCUT2D eigenvalue weighted by atomic mass is 9.96. The van der Waals surface area contributed by atoms with Gasteiger partial charge in [0.05, 0.1) is 9.40 Å². The Hall–Kier alpha value is -0.900. The first kappa shape index (κ1) is 16.9. The van der Waals surface area contributed by atoms with Gasteiger partial charge < -0.3 is 0 Å². The molecule has 0 radical (unpaired) electrons. The molecule has 3 heterocycles. The lowest BCUT2D eigenvalue weighted by Gasteiger charge is -2.10. The minimum Gasteiger partial charge on any atom is -0.133 e. The highest BCUT2D eigenvalue weighted by Crippen LogP contribution is 2.44. The van der Waals surface area contributed by atoms with Crippen LogP contribution in [-0.2, 0) is 0 Å². The number of allylic oxidation sites excluding steroid dienone is 2. The fourth-order valence-electron chi connectivity index (χ4n) is 2.20. The lowest BCUT2D eigenvalue weighted by molar-refractivity contribution is 0.547. The Kier molecular flexibility index (Phi) is 4.33. The van der Waals surface area contributed by atoms with Crippen LogP contribution in [-0.4, -0.2) is 0 Å². The Morgan fingerprint density at radius 1 is 0.652 bits per heavy atom. The van der Waals surface area contributed by atoms with E-state index in [0.717, 1.165) is 0 Å². The fourth-order valence-corrected chi connectivity index (χ4v) is 6.05. The van der Waals surface area contributed by atoms with E-state index in [4.69, 9.17) is 0 Å². The van der Waals surface area contributed by atoms with E-state index in [0.29, 0.717) is 0 Å². The van der Waals surface area contributed by atoms with Gasteiger partial charge in [0.2, 0.25) is 0 Å². The van der Waals surface area contributed by atoms with Gasteiger partial charge in [0.15, 0.2) is 0 Å². The highest BCUT2D eigenvalue weighted by Gasteiger charge is 2.13. The third kappa shape index (κ3) is 4.14. The van der Waals surface area contributed by atoms with Gasteiger partial charge in [0.1, 0.15) is 0 Å². The van der Waals surface area contributed by atoms with Crippen molar-refractivity contribution in [3.05, 3.63) is 34.0 Å². The van der Waals surface area contributed by atoms with Crippen LogP contribution in [0.3, 0.4) is 0 Å². The van der Waals surface area contributed by atoms with Crippen LogP contribution in [0.5, 0.6) is 0 Å². The largest absolute Gasteiger partial charge is 0.133 e. The molecule has 0 saturated carbocycles. The van der Waals surface area contributed by atoms with E-state index in [-0.39, 0.29) is 10.8 Å². The van der Waals surface area contributed by atoms with Crippen molar-refractivity contribution in [1.82, 2.24) is 0 Å². The van der Waals surface area contributed by atoms with Crippen molar-refractivity contribution in [3.63, 3.8) is 0 Å². The van der Waals surface area contributed by atoms with Crippen LogP contribution in [0.2, 0.25) is 0 Å². The molecular weight excluding hydrogens is 336 g/mol. The number of rotatable bonds is 2. The summed E-state index contributed by atoms with van der Waals surface area (Å²) >= 11 is 5.77. The Balaban J connectivity index is 1.96. The van der Waals surface area contributed by atoms with Gasteiger partial charge in [-0.15, -0.1) is 34.0 Å². The molecule has 0 atom stereocenters. The predicted molar refractivity (Wildman–Crippen MR) is 112 cm³/mol. The first-order valence-corrected chi connectivity index (χ1v) is 10.4. The topological polar surface area (TPSA) is 0 Å². The van der Waals surface area contributed by atoms with Crippen molar-refractivity contribution in [1.29, 1.82) is 0 Å². The molecule has 3 rings (SSSR count). The van der Waals surface area contributed by atoms with Crippen molar-refractivity contribution in [2.75, 3.05) is 0 Å². The summed E-state index contributed by atoms with van der Waals surface area (Å²) in [5, 5.41) is 0. The summed E-state index contributed by atoms with van der Waals surface area (Å²) in [7, 11) is 0. The minimum atomic E-state index is 0.237. The molecular formula is C20H24S3. The van der Waals surface area contributed by atoms with Gasteiger partial charge in [-0.2, -0.15) is 0 Å². The van der Waals surface area contributed by atoms with Gasteiger partial charge in [-0.25, -0.2) is 0 Å². The molecule has 3 aromatic heterocycles. The zero-order valence-corrected chi connectivity index (χ0v) is 17.1. The van der Waals surface area contributed by atoms with Gasteiger partial charge in [0.25, 0.3) is 0 Å². The van der Waals surface area contributed by atoms with Crippen LogP contribution < -0.4 is 0 Å². The van der Waals surface area contributed by atoms with Crippen LogP contribution in [0.4, 0.5) is 0 Å². The van der Waals surface area contributed by atoms with Gasteiger partial charge in [-0.3, -0.25) is 0 Å². The zero-order valence-electron chi connectivity index (χ0n) is 14.7. The predicted octanol–water partition coefficient (Wildman–Crippen LogP) is 8.30. The third-order valence-electron chi connectivity index (χ3n) is 3.36.